The molecule has 2 aromatic rings. The number of halogens is 3. The minimum absolute atomic E-state index is 0.0242. The fourth-order valence-corrected chi connectivity index (χ4v) is 2.80. The van der Waals surface area contributed by atoms with Crippen molar-refractivity contribution >= 4 is 5.82 Å². The van der Waals surface area contributed by atoms with Crippen LogP contribution in [0.15, 0.2) is 30.6 Å². The molecule has 1 aliphatic carbocycles. The van der Waals surface area contributed by atoms with Gasteiger partial charge in [-0.25, -0.2) is 9.97 Å². The molecular weight excluding hydrogens is 321 g/mol. The van der Waals surface area contributed by atoms with E-state index in [2.05, 4.69) is 20.3 Å². The molecule has 2 atom stereocenters. The monoisotopic (exact) mass is 338 g/mol. The number of anilines is 1. The minimum Gasteiger partial charge on any atom is -0.393 e. The summed E-state index contributed by atoms with van der Waals surface area (Å²) in [5.74, 6) is 0.0822. The average molecular weight is 338 g/mol. The molecule has 1 aliphatic rings. The van der Waals surface area contributed by atoms with Crippen LogP contribution in [0.3, 0.4) is 0 Å². The molecule has 5 nitrogen and oxygen atoms in total. The second kappa shape index (κ2) is 6.72. The number of hydrogen-bond donors (Lipinski definition) is 2. The molecule has 0 bridgehead atoms. The van der Waals surface area contributed by atoms with Crippen LogP contribution in [0.2, 0.25) is 0 Å². The SMILES string of the molecule is OC1CCCC1CNc1cc(C(F)(F)F)nc(-c2cccnc2)n1. The maximum absolute atomic E-state index is 13.1. The lowest BCUT2D eigenvalue weighted by molar-refractivity contribution is -0.141. The quantitative estimate of drug-likeness (QED) is 0.896. The summed E-state index contributed by atoms with van der Waals surface area (Å²) < 4.78 is 39.3. The predicted molar refractivity (Wildman–Crippen MR) is 82.1 cm³/mol. The fraction of sp³-hybridized carbons (Fsp3) is 0.438. The summed E-state index contributed by atoms with van der Waals surface area (Å²) in [5, 5.41) is 12.7. The zero-order valence-corrected chi connectivity index (χ0v) is 12.8. The lowest BCUT2D eigenvalue weighted by Gasteiger charge is -2.17. The van der Waals surface area contributed by atoms with Crippen molar-refractivity contribution in [1.29, 1.82) is 0 Å². The number of pyridine rings is 1. The smallest absolute Gasteiger partial charge is 0.393 e. The van der Waals surface area contributed by atoms with Gasteiger partial charge >= 0.3 is 6.18 Å². The second-order valence-corrected chi connectivity index (χ2v) is 5.84. The summed E-state index contributed by atoms with van der Waals surface area (Å²) in [6.07, 6.45) is 0.456. The van der Waals surface area contributed by atoms with Crippen molar-refractivity contribution in [2.45, 2.75) is 31.5 Å². The Morgan fingerprint density at radius 1 is 1.25 bits per heavy atom. The molecule has 0 aromatic carbocycles. The maximum Gasteiger partial charge on any atom is 0.433 e. The van der Waals surface area contributed by atoms with Gasteiger partial charge in [-0.3, -0.25) is 4.98 Å². The van der Waals surface area contributed by atoms with Crippen molar-refractivity contribution in [3.05, 3.63) is 36.3 Å². The maximum atomic E-state index is 13.1. The lowest BCUT2D eigenvalue weighted by atomic mass is 10.1. The molecule has 2 N–H and O–H groups in total. The molecule has 2 unspecified atom stereocenters. The van der Waals surface area contributed by atoms with E-state index in [0.29, 0.717) is 12.1 Å². The first-order valence-electron chi connectivity index (χ1n) is 7.72. The Kier molecular flexibility index (Phi) is 4.66. The zero-order valence-electron chi connectivity index (χ0n) is 12.8. The van der Waals surface area contributed by atoms with Gasteiger partial charge in [-0.05, 0) is 25.0 Å². The number of nitrogens with zero attached hydrogens (tertiary/aromatic N) is 3. The van der Waals surface area contributed by atoms with E-state index in [1.165, 1.54) is 12.4 Å². The van der Waals surface area contributed by atoms with Crippen molar-refractivity contribution in [1.82, 2.24) is 15.0 Å². The largest absolute Gasteiger partial charge is 0.433 e. The topological polar surface area (TPSA) is 70.9 Å². The first-order valence-corrected chi connectivity index (χ1v) is 7.72. The van der Waals surface area contributed by atoms with Crippen LogP contribution < -0.4 is 5.32 Å². The number of nitrogens with one attached hydrogen (secondary N) is 1. The lowest BCUT2D eigenvalue weighted by Crippen LogP contribution is -2.22. The van der Waals surface area contributed by atoms with Crippen LogP contribution in [0.4, 0.5) is 19.0 Å². The van der Waals surface area contributed by atoms with Gasteiger partial charge in [0.15, 0.2) is 11.5 Å². The van der Waals surface area contributed by atoms with E-state index in [1.807, 2.05) is 0 Å². The molecule has 1 fully saturated rings. The van der Waals surface area contributed by atoms with Gasteiger partial charge in [-0.2, -0.15) is 13.2 Å². The van der Waals surface area contributed by atoms with Crippen molar-refractivity contribution in [3.8, 4) is 11.4 Å². The molecule has 0 spiro atoms. The van der Waals surface area contributed by atoms with Crippen molar-refractivity contribution in [2.24, 2.45) is 5.92 Å². The summed E-state index contributed by atoms with van der Waals surface area (Å²) >= 11 is 0. The molecule has 3 rings (SSSR count). The van der Waals surface area contributed by atoms with Gasteiger partial charge in [0.25, 0.3) is 0 Å². The third-order valence-electron chi connectivity index (χ3n) is 4.10. The highest BCUT2D eigenvalue weighted by atomic mass is 19.4. The Labute approximate surface area is 137 Å². The number of alkyl halides is 3. The van der Waals surface area contributed by atoms with Crippen LogP contribution in [0.1, 0.15) is 25.0 Å². The Balaban J connectivity index is 1.87. The first-order chi connectivity index (χ1) is 11.4. The third kappa shape index (κ3) is 3.81. The molecule has 1 saturated carbocycles. The van der Waals surface area contributed by atoms with E-state index in [0.717, 1.165) is 25.3 Å². The van der Waals surface area contributed by atoms with Gasteiger partial charge in [0.2, 0.25) is 0 Å². The van der Waals surface area contributed by atoms with Crippen molar-refractivity contribution in [2.75, 3.05) is 11.9 Å². The van der Waals surface area contributed by atoms with Crippen LogP contribution in [0.25, 0.3) is 11.4 Å². The molecule has 128 valence electrons. The third-order valence-corrected chi connectivity index (χ3v) is 4.10. The van der Waals surface area contributed by atoms with E-state index in [1.54, 1.807) is 12.1 Å². The van der Waals surface area contributed by atoms with Gasteiger partial charge in [0.05, 0.1) is 6.10 Å². The molecule has 24 heavy (non-hydrogen) atoms. The number of aromatic nitrogens is 3. The van der Waals surface area contributed by atoms with Crippen LogP contribution in [0, 0.1) is 5.92 Å². The average Bonchev–Trinajstić information content (AvgIpc) is 2.98. The molecule has 0 saturated heterocycles. The van der Waals surface area contributed by atoms with Gasteiger partial charge in [-0.1, -0.05) is 6.42 Å². The van der Waals surface area contributed by atoms with E-state index < -0.39 is 18.0 Å². The highest BCUT2D eigenvalue weighted by Gasteiger charge is 2.34. The van der Waals surface area contributed by atoms with Gasteiger partial charge in [0.1, 0.15) is 5.82 Å². The predicted octanol–water partition coefficient (Wildman–Crippen LogP) is 3.13. The fourth-order valence-electron chi connectivity index (χ4n) is 2.80. The van der Waals surface area contributed by atoms with Gasteiger partial charge < -0.3 is 10.4 Å². The minimum atomic E-state index is -4.57. The van der Waals surface area contributed by atoms with E-state index >= 15 is 0 Å². The summed E-state index contributed by atoms with van der Waals surface area (Å²) in [6.45, 7) is 0.377. The molecule has 2 aromatic heterocycles. The Morgan fingerprint density at radius 2 is 2.08 bits per heavy atom. The van der Waals surface area contributed by atoms with Crippen molar-refractivity contribution < 1.29 is 18.3 Å². The first kappa shape index (κ1) is 16.6. The standard InChI is InChI=1S/C16H17F3N4O/c17-16(18,19)13-7-14(21-9-10-3-1-5-12(10)24)23-15(22-13)11-4-2-6-20-8-11/h2,4,6-8,10,12,24H,1,3,5,9H2,(H,21,22,23). The molecule has 0 amide bonds. The highest BCUT2D eigenvalue weighted by Crippen LogP contribution is 2.31. The Bertz CT molecular complexity index is 693. The summed E-state index contributed by atoms with van der Waals surface area (Å²) in [6, 6.07) is 4.11. The number of hydrogen-bond acceptors (Lipinski definition) is 5. The molecule has 8 heteroatoms. The summed E-state index contributed by atoms with van der Waals surface area (Å²) in [7, 11) is 0. The molecular formula is C16H17F3N4O. The Hall–Kier alpha value is -2.22. The van der Waals surface area contributed by atoms with E-state index in [-0.39, 0.29) is 17.6 Å². The second-order valence-electron chi connectivity index (χ2n) is 5.84. The van der Waals surface area contributed by atoms with Crippen LogP contribution >= 0.6 is 0 Å². The van der Waals surface area contributed by atoms with Crippen LogP contribution in [0.5, 0.6) is 0 Å². The zero-order chi connectivity index (χ0) is 17.2. The molecule has 0 aliphatic heterocycles. The van der Waals surface area contributed by atoms with E-state index in [4.69, 9.17) is 0 Å². The van der Waals surface area contributed by atoms with Crippen LogP contribution in [-0.2, 0) is 6.18 Å². The normalized spacial score (nSPS) is 21.0. The number of rotatable bonds is 4. The summed E-state index contributed by atoms with van der Waals surface area (Å²) in [4.78, 5) is 11.7. The Morgan fingerprint density at radius 3 is 2.71 bits per heavy atom. The summed E-state index contributed by atoms with van der Waals surface area (Å²) in [5.41, 5.74) is -0.599. The molecule has 2 heterocycles. The van der Waals surface area contributed by atoms with Gasteiger partial charge in [-0.15, -0.1) is 0 Å². The van der Waals surface area contributed by atoms with Crippen LogP contribution in [-0.4, -0.2) is 32.7 Å². The molecule has 0 radical (unpaired) electrons. The van der Waals surface area contributed by atoms with Gasteiger partial charge in [0, 0.05) is 36.5 Å². The van der Waals surface area contributed by atoms with Crippen molar-refractivity contribution in [3.63, 3.8) is 0 Å². The van der Waals surface area contributed by atoms with E-state index in [9.17, 15) is 18.3 Å². The highest BCUT2D eigenvalue weighted by molar-refractivity contribution is 5.56. The number of aliphatic hydroxyl groups is 1. The number of aliphatic hydroxyl groups excluding tert-OH is 1.